The van der Waals surface area contributed by atoms with Gasteiger partial charge in [0, 0.05) is 42.5 Å². The van der Waals surface area contributed by atoms with E-state index in [0.717, 1.165) is 25.2 Å². The van der Waals surface area contributed by atoms with E-state index in [-0.39, 0.29) is 24.2 Å². The number of pyridine rings is 1. The molecule has 3 rings (SSSR count). The summed E-state index contributed by atoms with van der Waals surface area (Å²) in [6.07, 6.45) is 3.55. The number of hydrogen-bond acceptors (Lipinski definition) is 4. The molecule has 0 saturated carbocycles. The van der Waals surface area contributed by atoms with E-state index < -0.39 is 5.82 Å². The van der Waals surface area contributed by atoms with E-state index in [2.05, 4.69) is 36.4 Å². The Morgan fingerprint density at radius 2 is 2.33 bits per heavy atom. The fraction of sp³-hybridized carbons (Fsp3) is 0.294. The van der Waals surface area contributed by atoms with Crippen LogP contribution < -0.4 is 10.6 Å². The predicted octanol–water partition coefficient (Wildman–Crippen LogP) is 2.57. The molecule has 1 aromatic carbocycles. The first kappa shape index (κ1) is 17.0. The van der Waals surface area contributed by atoms with E-state index in [0.29, 0.717) is 4.47 Å². The van der Waals surface area contributed by atoms with Gasteiger partial charge in [-0.05, 0) is 29.8 Å². The number of carbonyl (C=O) groups excluding carboxylic acids is 1. The molecule has 2 N–H and O–H groups in total. The van der Waals surface area contributed by atoms with E-state index in [1.807, 2.05) is 18.3 Å². The third-order valence-electron chi connectivity index (χ3n) is 3.98. The Morgan fingerprint density at radius 1 is 1.46 bits per heavy atom. The number of aromatic nitrogens is 1. The molecule has 0 radical (unpaired) electrons. The first-order valence-corrected chi connectivity index (χ1v) is 8.52. The fourth-order valence-electron chi connectivity index (χ4n) is 2.80. The number of anilines is 1. The zero-order chi connectivity index (χ0) is 16.9. The van der Waals surface area contributed by atoms with Crippen molar-refractivity contribution >= 4 is 27.5 Å². The second-order valence-electron chi connectivity index (χ2n) is 5.65. The Morgan fingerprint density at radius 3 is 3.08 bits per heavy atom. The van der Waals surface area contributed by atoms with Crippen molar-refractivity contribution in [3.05, 3.63) is 58.6 Å². The molecule has 1 aliphatic rings. The molecular weight excluding hydrogens is 375 g/mol. The lowest BCUT2D eigenvalue weighted by Crippen LogP contribution is -2.48. The zero-order valence-corrected chi connectivity index (χ0v) is 14.6. The monoisotopic (exact) mass is 392 g/mol. The molecule has 1 aliphatic heterocycles. The molecule has 1 fully saturated rings. The second kappa shape index (κ2) is 7.83. The van der Waals surface area contributed by atoms with Crippen molar-refractivity contribution < 1.29 is 9.18 Å². The van der Waals surface area contributed by atoms with Crippen LogP contribution in [-0.4, -0.2) is 42.0 Å². The van der Waals surface area contributed by atoms with Crippen LogP contribution in [0.25, 0.3) is 0 Å². The van der Waals surface area contributed by atoms with Gasteiger partial charge in [0.05, 0.1) is 12.2 Å². The van der Waals surface area contributed by atoms with Crippen molar-refractivity contribution in [3.63, 3.8) is 0 Å². The maximum absolute atomic E-state index is 13.9. The summed E-state index contributed by atoms with van der Waals surface area (Å²) in [6.45, 7) is 2.52. The lowest BCUT2D eigenvalue weighted by atomic mass is 10.1. The molecule has 24 heavy (non-hydrogen) atoms. The summed E-state index contributed by atoms with van der Waals surface area (Å²) in [5.41, 5.74) is 1.25. The molecule has 1 saturated heterocycles. The summed E-state index contributed by atoms with van der Waals surface area (Å²) in [5, 5.41) is 5.98. The molecule has 1 aromatic heterocycles. The minimum absolute atomic E-state index is 0.0768. The lowest BCUT2D eigenvalue weighted by Gasteiger charge is -2.35. The van der Waals surface area contributed by atoms with Crippen LogP contribution in [0.3, 0.4) is 0 Å². The summed E-state index contributed by atoms with van der Waals surface area (Å²) < 4.78 is 14.5. The average molecular weight is 393 g/mol. The van der Waals surface area contributed by atoms with Crippen LogP contribution in [0.5, 0.6) is 0 Å². The summed E-state index contributed by atoms with van der Waals surface area (Å²) in [4.78, 5) is 18.6. The minimum Gasteiger partial charge on any atom is -0.322 e. The quantitative estimate of drug-likeness (QED) is 0.839. The Bertz CT molecular complexity index is 713. The Balaban J connectivity index is 1.67. The van der Waals surface area contributed by atoms with Crippen LogP contribution in [-0.2, 0) is 4.79 Å². The first-order chi connectivity index (χ1) is 11.6. The molecule has 7 heteroatoms. The largest absolute Gasteiger partial charge is 0.322 e. The molecule has 1 atom stereocenters. The number of nitrogens with zero attached hydrogens (tertiary/aromatic N) is 2. The summed E-state index contributed by atoms with van der Waals surface area (Å²) in [6, 6.07) is 8.55. The average Bonchev–Trinajstić information content (AvgIpc) is 2.59. The lowest BCUT2D eigenvalue weighted by molar-refractivity contribution is -0.118. The highest BCUT2D eigenvalue weighted by Gasteiger charge is 2.25. The first-order valence-electron chi connectivity index (χ1n) is 7.73. The van der Waals surface area contributed by atoms with E-state index in [1.165, 1.54) is 6.07 Å². The third kappa shape index (κ3) is 4.17. The third-order valence-corrected chi connectivity index (χ3v) is 4.47. The molecule has 2 aromatic rings. The maximum Gasteiger partial charge on any atom is 0.238 e. The van der Waals surface area contributed by atoms with E-state index in [9.17, 15) is 9.18 Å². The van der Waals surface area contributed by atoms with Gasteiger partial charge in [0.25, 0.3) is 0 Å². The van der Waals surface area contributed by atoms with Crippen molar-refractivity contribution in [2.45, 2.75) is 6.04 Å². The molecular formula is C17H18BrFN4O. The number of hydrogen-bond donors (Lipinski definition) is 2. The van der Waals surface area contributed by atoms with E-state index in [1.54, 1.807) is 18.3 Å². The van der Waals surface area contributed by atoms with Crippen molar-refractivity contribution in [1.82, 2.24) is 15.2 Å². The topological polar surface area (TPSA) is 57.3 Å². The Kier molecular flexibility index (Phi) is 5.55. The molecule has 1 amide bonds. The number of amides is 1. The standard InChI is InChI=1S/C17H18BrFN4O/c18-13-3-4-15(14(19)8-13)22-17(24)11-23-7-6-21-10-16(23)12-2-1-5-20-9-12/h1-5,8-9,16,21H,6-7,10-11H2,(H,22,24). The number of carbonyl (C=O) groups is 1. The summed E-state index contributed by atoms with van der Waals surface area (Å²) in [5.74, 6) is -0.686. The molecule has 5 nitrogen and oxygen atoms in total. The number of piperazine rings is 1. The van der Waals surface area contributed by atoms with Gasteiger partial charge in [-0.15, -0.1) is 0 Å². The van der Waals surface area contributed by atoms with Crippen molar-refractivity contribution in [3.8, 4) is 0 Å². The van der Waals surface area contributed by atoms with Crippen LogP contribution in [0.15, 0.2) is 47.2 Å². The Hall–Kier alpha value is -1.83. The van der Waals surface area contributed by atoms with Gasteiger partial charge in [-0.2, -0.15) is 0 Å². The number of nitrogens with one attached hydrogen (secondary N) is 2. The van der Waals surface area contributed by atoms with Gasteiger partial charge in [-0.1, -0.05) is 22.0 Å². The summed E-state index contributed by atoms with van der Waals surface area (Å²) >= 11 is 3.20. The highest BCUT2D eigenvalue weighted by molar-refractivity contribution is 9.10. The highest BCUT2D eigenvalue weighted by atomic mass is 79.9. The van der Waals surface area contributed by atoms with Crippen LogP contribution in [0.4, 0.5) is 10.1 Å². The smallest absolute Gasteiger partial charge is 0.238 e. The van der Waals surface area contributed by atoms with Crippen LogP contribution in [0.1, 0.15) is 11.6 Å². The SMILES string of the molecule is O=C(CN1CCNCC1c1cccnc1)Nc1ccc(Br)cc1F. The van der Waals surface area contributed by atoms with Crippen molar-refractivity contribution in [2.75, 3.05) is 31.5 Å². The van der Waals surface area contributed by atoms with E-state index in [4.69, 9.17) is 0 Å². The van der Waals surface area contributed by atoms with Gasteiger partial charge in [-0.3, -0.25) is 14.7 Å². The zero-order valence-electron chi connectivity index (χ0n) is 13.0. The molecule has 0 bridgehead atoms. The number of rotatable bonds is 4. The van der Waals surface area contributed by atoms with Crippen LogP contribution in [0.2, 0.25) is 0 Å². The van der Waals surface area contributed by atoms with E-state index >= 15 is 0 Å². The van der Waals surface area contributed by atoms with Crippen molar-refractivity contribution in [2.24, 2.45) is 0 Å². The minimum atomic E-state index is -0.457. The summed E-state index contributed by atoms with van der Waals surface area (Å²) in [7, 11) is 0. The number of benzene rings is 1. The van der Waals surface area contributed by atoms with Gasteiger partial charge in [-0.25, -0.2) is 4.39 Å². The second-order valence-corrected chi connectivity index (χ2v) is 6.56. The van der Waals surface area contributed by atoms with Gasteiger partial charge >= 0.3 is 0 Å². The predicted molar refractivity (Wildman–Crippen MR) is 94.2 cm³/mol. The molecule has 0 aliphatic carbocycles. The maximum atomic E-state index is 13.9. The van der Waals surface area contributed by atoms with Crippen LogP contribution in [0, 0.1) is 5.82 Å². The molecule has 1 unspecified atom stereocenters. The highest BCUT2D eigenvalue weighted by Crippen LogP contribution is 2.22. The van der Waals surface area contributed by atoms with Gasteiger partial charge in [0.15, 0.2) is 0 Å². The fourth-order valence-corrected chi connectivity index (χ4v) is 3.14. The van der Waals surface area contributed by atoms with Gasteiger partial charge in [0.1, 0.15) is 5.82 Å². The number of halogens is 2. The molecule has 2 heterocycles. The van der Waals surface area contributed by atoms with Crippen molar-refractivity contribution in [1.29, 1.82) is 0 Å². The Labute approximate surface area is 148 Å². The van der Waals surface area contributed by atoms with Gasteiger partial charge < -0.3 is 10.6 Å². The molecule has 0 spiro atoms. The normalized spacial score (nSPS) is 18.3. The van der Waals surface area contributed by atoms with Gasteiger partial charge in [0.2, 0.25) is 5.91 Å². The van der Waals surface area contributed by atoms with Crippen LogP contribution >= 0.6 is 15.9 Å². The molecule has 126 valence electrons.